The zero-order valence-corrected chi connectivity index (χ0v) is 43.0. The van der Waals surface area contributed by atoms with Crippen molar-refractivity contribution in [2.24, 2.45) is 0 Å². The average molecular weight is 977 g/mol. The molecule has 8 rings (SSSR count). The Kier molecular flexibility index (Phi) is 15.7. The lowest BCUT2D eigenvalue weighted by Crippen LogP contribution is -2.70. The number of ether oxygens (including phenoxy) is 2. The van der Waals surface area contributed by atoms with Crippen LogP contribution in [0, 0.1) is 41.5 Å². The average Bonchev–Trinajstić information content (AvgIpc) is 3.87. The number of piperazine rings is 2. The Labute approximate surface area is 414 Å². The standard InChI is InChI=1S/C53H68N8O6S2/c1-32-12-10-13-33(2)47(32)56-51(64)49(59-21-20-58(36(5)26-59)27-39(62)29-66-41-16-18-45-43(24-41)54-37(6)68-45)50(52(65)57-48-34(3)14-11-15-35(48)4)60-22-23-61(53(8,9)31-60)28-40(63)30-67-42-17-19-46-44(25-42)55-38(7)69-46/h10-19,24-25,36,39-40,49-50,62-63H,20-23,26-31H2,1-9H3,(H,56,64)(H,57,65)/t36-,39-,40-,49?,50?/m0/s1. The van der Waals surface area contributed by atoms with Gasteiger partial charge in [-0.2, -0.15) is 0 Å². The van der Waals surface area contributed by atoms with Gasteiger partial charge in [-0.05, 0) is 109 Å². The molecule has 2 fully saturated rings. The highest BCUT2D eigenvalue weighted by Gasteiger charge is 2.47. The molecule has 0 radical (unpaired) electrons. The van der Waals surface area contributed by atoms with Gasteiger partial charge in [-0.15, -0.1) is 22.7 Å². The van der Waals surface area contributed by atoms with E-state index in [0.717, 1.165) is 64.1 Å². The number of nitrogens with one attached hydrogen (secondary N) is 2. The molecule has 0 aliphatic carbocycles. The summed E-state index contributed by atoms with van der Waals surface area (Å²) in [5.41, 5.74) is 6.48. The molecule has 0 bridgehead atoms. The molecule has 0 saturated carbocycles. The number of β-amino-alcohol motifs (C(OH)–C–C–N with tert-alkyl or cyclic N) is 2. The highest BCUT2D eigenvalue weighted by molar-refractivity contribution is 7.18. The molecule has 16 heteroatoms. The highest BCUT2D eigenvalue weighted by Crippen LogP contribution is 2.31. The summed E-state index contributed by atoms with van der Waals surface area (Å²) in [6.45, 7) is 22.3. The Bertz CT molecular complexity index is 2740. The molecular formula is C53H68N8O6S2. The van der Waals surface area contributed by atoms with Crippen LogP contribution in [0.1, 0.15) is 53.0 Å². The van der Waals surface area contributed by atoms with Crippen LogP contribution in [-0.4, -0.2) is 153 Å². The van der Waals surface area contributed by atoms with Crippen LogP contribution in [0.5, 0.6) is 11.5 Å². The van der Waals surface area contributed by atoms with E-state index in [0.29, 0.717) is 63.9 Å². The monoisotopic (exact) mass is 976 g/mol. The van der Waals surface area contributed by atoms with Gasteiger partial charge in [0, 0.05) is 87.4 Å². The van der Waals surface area contributed by atoms with Crippen LogP contribution in [0.3, 0.4) is 0 Å². The number of aromatic nitrogens is 2. The Morgan fingerprint density at radius 3 is 1.62 bits per heavy atom. The first kappa shape index (κ1) is 50.4. The maximum atomic E-state index is 15.3. The van der Waals surface area contributed by atoms with Crippen molar-refractivity contribution in [1.82, 2.24) is 29.6 Å². The van der Waals surface area contributed by atoms with E-state index in [1.54, 1.807) is 22.7 Å². The summed E-state index contributed by atoms with van der Waals surface area (Å²) in [5, 5.41) is 31.3. The van der Waals surface area contributed by atoms with Crippen molar-refractivity contribution in [3.8, 4) is 11.5 Å². The largest absolute Gasteiger partial charge is 0.491 e. The number of aliphatic hydroxyl groups is 2. The molecule has 2 aliphatic heterocycles. The number of para-hydroxylation sites is 2. The first-order valence-corrected chi connectivity index (χ1v) is 25.6. The van der Waals surface area contributed by atoms with Gasteiger partial charge >= 0.3 is 0 Å². The van der Waals surface area contributed by atoms with Gasteiger partial charge in [0.2, 0.25) is 11.8 Å². The summed E-state index contributed by atoms with van der Waals surface area (Å²) in [5.74, 6) is 0.815. The molecule has 69 heavy (non-hydrogen) atoms. The molecule has 14 nitrogen and oxygen atoms in total. The molecule has 2 saturated heterocycles. The zero-order chi connectivity index (χ0) is 49.1. The summed E-state index contributed by atoms with van der Waals surface area (Å²) >= 11 is 3.27. The summed E-state index contributed by atoms with van der Waals surface area (Å²) in [4.78, 5) is 48.6. The number of benzene rings is 4. The number of carbonyl (C=O) groups excluding carboxylic acids is 2. The van der Waals surface area contributed by atoms with Crippen LogP contribution in [0.2, 0.25) is 0 Å². The fraction of sp³-hybridized carbons (Fsp3) is 0.472. The van der Waals surface area contributed by atoms with Crippen LogP contribution < -0.4 is 20.1 Å². The number of rotatable bonds is 17. The van der Waals surface area contributed by atoms with Crippen LogP contribution in [0.4, 0.5) is 11.4 Å². The molecule has 0 spiro atoms. The molecule has 5 atom stereocenters. The fourth-order valence-electron chi connectivity index (χ4n) is 10.0. The van der Waals surface area contributed by atoms with Crippen molar-refractivity contribution in [3.63, 3.8) is 0 Å². The van der Waals surface area contributed by atoms with E-state index in [1.807, 2.05) is 114 Å². The SMILES string of the molecule is Cc1nc2cc(OC[C@@H](O)CN3CCN(C(C(=O)Nc4c(C)cccc4C)C(C(=O)Nc4c(C)cccc4C)N4CCN(C[C@H](O)COc5ccc6sc(C)nc6c5)C(C)(C)C4)C[C@@H]3C)ccc2s1. The van der Waals surface area contributed by atoms with Crippen molar-refractivity contribution in [1.29, 1.82) is 0 Å². The van der Waals surface area contributed by atoms with Gasteiger partial charge in [-0.3, -0.25) is 29.2 Å². The number of hydrogen-bond donors (Lipinski definition) is 4. The number of carbonyl (C=O) groups is 2. The van der Waals surface area contributed by atoms with Crippen LogP contribution in [-0.2, 0) is 9.59 Å². The third-order valence-corrected chi connectivity index (χ3v) is 15.6. The molecule has 4 N–H and O–H groups in total. The minimum Gasteiger partial charge on any atom is -0.491 e. The summed E-state index contributed by atoms with van der Waals surface area (Å²) in [6, 6.07) is 21.7. The molecule has 2 amide bonds. The lowest BCUT2D eigenvalue weighted by atomic mass is 9.92. The predicted octanol–water partition coefficient (Wildman–Crippen LogP) is 7.35. The van der Waals surface area contributed by atoms with Gasteiger partial charge in [0.1, 0.15) is 49.0 Å². The molecule has 4 aromatic carbocycles. The number of fused-ring (bicyclic) bond motifs is 2. The second-order valence-corrected chi connectivity index (χ2v) is 22.1. The minimum atomic E-state index is -0.899. The number of aryl methyl sites for hydroxylation is 6. The molecule has 6 aromatic rings. The molecule has 368 valence electrons. The first-order chi connectivity index (χ1) is 32.9. The number of anilines is 2. The van der Waals surface area contributed by atoms with Crippen molar-refractivity contribution in [3.05, 3.63) is 105 Å². The molecule has 2 aromatic heterocycles. The Hall–Kier alpha value is -5.04. The number of nitrogens with zero attached hydrogens (tertiary/aromatic N) is 6. The first-order valence-electron chi connectivity index (χ1n) is 24.0. The lowest BCUT2D eigenvalue weighted by Gasteiger charge is -2.52. The number of aliphatic hydroxyl groups excluding tert-OH is 2. The maximum Gasteiger partial charge on any atom is 0.243 e. The highest BCUT2D eigenvalue weighted by atomic mass is 32.1. The topological polar surface area (TPSA) is 156 Å². The predicted molar refractivity (Wildman–Crippen MR) is 278 cm³/mol. The van der Waals surface area contributed by atoms with Gasteiger partial charge in [-0.25, -0.2) is 9.97 Å². The summed E-state index contributed by atoms with van der Waals surface area (Å²) < 4.78 is 14.3. The van der Waals surface area contributed by atoms with Gasteiger partial charge in [0.05, 0.1) is 30.4 Å². The smallest absolute Gasteiger partial charge is 0.243 e. The van der Waals surface area contributed by atoms with Gasteiger partial charge < -0.3 is 30.3 Å². The lowest BCUT2D eigenvalue weighted by molar-refractivity contribution is -0.137. The fourth-order valence-corrected chi connectivity index (χ4v) is 11.6. The van der Waals surface area contributed by atoms with Crippen molar-refractivity contribution >= 4 is 66.3 Å². The molecular weight excluding hydrogens is 909 g/mol. The van der Waals surface area contributed by atoms with E-state index in [-0.39, 0.29) is 31.1 Å². The minimum absolute atomic E-state index is 0.0647. The van der Waals surface area contributed by atoms with Gasteiger partial charge in [0.15, 0.2) is 0 Å². The molecule has 2 aliphatic rings. The normalized spacial score (nSPS) is 19.0. The summed E-state index contributed by atoms with van der Waals surface area (Å²) in [7, 11) is 0. The third-order valence-electron chi connectivity index (χ3n) is 13.7. The molecule has 4 heterocycles. The van der Waals surface area contributed by atoms with Gasteiger partial charge in [-0.1, -0.05) is 36.4 Å². The Morgan fingerprint density at radius 1 is 0.681 bits per heavy atom. The van der Waals surface area contributed by atoms with E-state index < -0.39 is 29.8 Å². The number of amides is 2. The van der Waals surface area contributed by atoms with E-state index in [9.17, 15) is 10.2 Å². The number of hydrogen-bond acceptors (Lipinski definition) is 14. The second-order valence-electron chi connectivity index (χ2n) is 19.6. The molecule has 2 unspecified atom stereocenters. The second kappa shape index (κ2) is 21.5. The Morgan fingerprint density at radius 2 is 1.14 bits per heavy atom. The van der Waals surface area contributed by atoms with E-state index in [2.05, 4.69) is 61.0 Å². The van der Waals surface area contributed by atoms with Crippen molar-refractivity contribution in [2.45, 2.75) is 98.2 Å². The van der Waals surface area contributed by atoms with E-state index in [1.165, 1.54) is 0 Å². The van der Waals surface area contributed by atoms with E-state index in [4.69, 9.17) is 9.47 Å². The van der Waals surface area contributed by atoms with Crippen LogP contribution in [0.25, 0.3) is 20.4 Å². The van der Waals surface area contributed by atoms with Crippen molar-refractivity contribution in [2.75, 3.05) is 76.2 Å². The third kappa shape index (κ3) is 11.9. The zero-order valence-electron chi connectivity index (χ0n) is 41.4. The summed E-state index contributed by atoms with van der Waals surface area (Å²) in [6.07, 6.45) is -1.53. The van der Waals surface area contributed by atoms with E-state index >= 15 is 9.59 Å². The van der Waals surface area contributed by atoms with Gasteiger partial charge in [0.25, 0.3) is 0 Å². The quantitative estimate of drug-likeness (QED) is 0.0723. The van der Waals surface area contributed by atoms with Crippen LogP contribution in [0.15, 0.2) is 72.8 Å². The van der Waals surface area contributed by atoms with Crippen LogP contribution >= 0.6 is 22.7 Å². The Balaban J connectivity index is 1.02. The number of thiazole rings is 2. The maximum absolute atomic E-state index is 15.3. The van der Waals surface area contributed by atoms with Crippen molar-refractivity contribution < 1.29 is 29.3 Å².